The molecule has 0 aliphatic rings. The molecule has 1 rings (SSSR count). The summed E-state index contributed by atoms with van der Waals surface area (Å²) in [5.74, 6) is 0. The van der Waals surface area contributed by atoms with Crippen molar-refractivity contribution in [3.63, 3.8) is 0 Å². The summed E-state index contributed by atoms with van der Waals surface area (Å²) < 4.78 is 35.2. The molecule has 0 aromatic carbocycles. The molecule has 0 fully saturated rings. The fraction of sp³-hybridized carbons (Fsp3) is 0.500. The number of rotatable bonds is 1. The number of alkyl halides is 3. The van der Waals surface area contributed by atoms with Gasteiger partial charge in [0.2, 0.25) is 0 Å². The minimum atomic E-state index is -4.13. The second kappa shape index (κ2) is 2.81. The van der Waals surface area contributed by atoms with Gasteiger partial charge >= 0.3 is 6.18 Å². The molecule has 0 bridgehead atoms. The van der Waals surface area contributed by atoms with E-state index < -0.39 is 12.6 Å². The lowest BCUT2D eigenvalue weighted by molar-refractivity contribution is -0.127. The molecule has 11 heavy (non-hydrogen) atoms. The Kier molecular flexibility index (Phi) is 2.17. The van der Waals surface area contributed by atoms with Crippen LogP contribution in [0.25, 0.3) is 0 Å². The van der Waals surface area contributed by atoms with Crippen molar-refractivity contribution in [2.24, 2.45) is 0 Å². The topological polar surface area (TPSA) is 12.9 Å². The van der Waals surface area contributed by atoms with Crippen LogP contribution < -0.4 is 0 Å². The van der Waals surface area contributed by atoms with Crippen molar-refractivity contribution in [3.8, 4) is 0 Å². The Balaban J connectivity index is 2.65. The van der Waals surface area contributed by atoms with Gasteiger partial charge in [-0.05, 0) is 6.92 Å². The largest absolute Gasteiger partial charge is 0.395 e. The molecule has 0 amide bonds. The monoisotopic (exact) mass is 181 g/mol. The van der Waals surface area contributed by atoms with Crippen molar-refractivity contribution in [1.82, 2.24) is 4.98 Å². The van der Waals surface area contributed by atoms with E-state index in [2.05, 4.69) is 4.98 Å². The number of hydrogen-bond acceptors (Lipinski definition) is 2. The zero-order valence-electron chi connectivity index (χ0n) is 5.77. The molecule has 1 heterocycles. The molecule has 0 N–H and O–H groups in total. The van der Waals surface area contributed by atoms with Crippen molar-refractivity contribution in [2.75, 3.05) is 0 Å². The Morgan fingerprint density at radius 1 is 1.55 bits per heavy atom. The van der Waals surface area contributed by atoms with Gasteiger partial charge in [-0.25, -0.2) is 4.98 Å². The van der Waals surface area contributed by atoms with Crippen LogP contribution in [-0.2, 0) is 6.42 Å². The number of thiazole rings is 1. The summed E-state index contributed by atoms with van der Waals surface area (Å²) in [6.45, 7) is 1.73. The zero-order valence-corrected chi connectivity index (χ0v) is 6.59. The lowest BCUT2D eigenvalue weighted by atomic mass is 10.4. The molecule has 1 aromatic rings. The summed E-state index contributed by atoms with van der Waals surface area (Å²) in [6.07, 6.45) is -3.60. The molecule has 62 valence electrons. The van der Waals surface area contributed by atoms with Crippen molar-refractivity contribution < 1.29 is 13.2 Å². The molecule has 0 spiro atoms. The van der Waals surface area contributed by atoms with Gasteiger partial charge < -0.3 is 0 Å². The van der Waals surface area contributed by atoms with Crippen LogP contribution in [0.3, 0.4) is 0 Å². The van der Waals surface area contributed by atoms with Gasteiger partial charge in [0, 0.05) is 11.1 Å². The van der Waals surface area contributed by atoms with Gasteiger partial charge in [-0.1, -0.05) is 0 Å². The van der Waals surface area contributed by atoms with E-state index in [0.29, 0.717) is 0 Å². The van der Waals surface area contributed by atoms with Crippen LogP contribution in [0.2, 0.25) is 0 Å². The van der Waals surface area contributed by atoms with Crippen molar-refractivity contribution in [2.45, 2.75) is 19.5 Å². The van der Waals surface area contributed by atoms with Crippen LogP contribution in [0.5, 0.6) is 0 Å². The fourth-order valence-electron chi connectivity index (χ4n) is 0.655. The Bertz CT molecular complexity index is 240. The first-order chi connectivity index (χ1) is 4.97. The number of nitrogens with zero attached hydrogens (tertiary/aromatic N) is 1. The maximum absolute atomic E-state index is 11.7. The number of aromatic nitrogens is 1. The van der Waals surface area contributed by atoms with E-state index in [1.54, 1.807) is 6.92 Å². The van der Waals surface area contributed by atoms with E-state index in [1.807, 2.05) is 0 Å². The minimum Gasteiger partial charge on any atom is -0.249 e. The van der Waals surface area contributed by atoms with E-state index in [1.165, 1.54) is 6.20 Å². The first kappa shape index (κ1) is 8.52. The fourth-order valence-corrected chi connectivity index (χ4v) is 1.47. The molecule has 1 aromatic heterocycles. The maximum atomic E-state index is 11.7. The van der Waals surface area contributed by atoms with E-state index in [9.17, 15) is 13.2 Å². The third-order valence-corrected chi connectivity index (χ3v) is 1.93. The molecular weight excluding hydrogens is 175 g/mol. The number of halogens is 3. The van der Waals surface area contributed by atoms with Crippen molar-refractivity contribution >= 4 is 11.3 Å². The lowest BCUT2D eigenvalue weighted by Gasteiger charge is -2.00. The van der Waals surface area contributed by atoms with Crippen molar-refractivity contribution in [1.29, 1.82) is 0 Å². The molecule has 0 radical (unpaired) electrons. The Labute approximate surface area is 65.9 Å². The lowest BCUT2D eigenvalue weighted by Crippen LogP contribution is -2.10. The summed E-state index contributed by atoms with van der Waals surface area (Å²) in [6, 6.07) is 0. The smallest absolute Gasteiger partial charge is 0.249 e. The van der Waals surface area contributed by atoms with Gasteiger partial charge in [-0.2, -0.15) is 13.2 Å². The summed E-state index contributed by atoms with van der Waals surface area (Å²) in [7, 11) is 0. The highest BCUT2D eigenvalue weighted by Crippen LogP contribution is 2.23. The van der Waals surface area contributed by atoms with Gasteiger partial charge in [0.05, 0.1) is 6.42 Å². The van der Waals surface area contributed by atoms with Crippen LogP contribution >= 0.6 is 11.3 Å². The highest BCUT2D eigenvalue weighted by Gasteiger charge is 2.29. The average molecular weight is 181 g/mol. The molecule has 0 saturated heterocycles. The summed E-state index contributed by atoms with van der Waals surface area (Å²) in [4.78, 5) is 4.41. The van der Waals surface area contributed by atoms with Crippen LogP contribution in [-0.4, -0.2) is 11.2 Å². The van der Waals surface area contributed by atoms with Gasteiger partial charge in [-0.15, -0.1) is 11.3 Å². The van der Waals surface area contributed by atoms with Crippen molar-refractivity contribution in [3.05, 3.63) is 16.1 Å². The second-order valence-corrected chi connectivity index (χ2v) is 3.48. The molecular formula is C6H6F3NS. The number of hydrogen-bond donors (Lipinski definition) is 0. The molecule has 0 unspecified atom stereocenters. The summed E-state index contributed by atoms with van der Waals surface area (Å²) in [5, 5.41) is 0.134. The van der Waals surface area contributed by atoms with Crippen LogP contribution in [0.4, 0.5) is 13.2 Å². The third kappa shape index (κ3) is 2.88. The molecule has 5 heteroatoms. The van der Waals surface area contributed by atoms with Gasteiger partial charge in [0.15, 0.2) is 0 Å². The maximum Gasteiger partial charge on any atom is 0.395 e. The molecule has 1 nitrogen and oxygen atoms in total. The third-order valence-electron chi connectivity index (χ3n) is 1.02. The summed E-state index contributed by atoms with van der Waals surface area (Å²) in [5.41, 5.74) is 0. The van der Waals surface area contributed by atoms with E-state index >= 15 is 0 Å². The first-order valence-electron chi connectivity index (χ1n) is 2.95. The van der Waals surface area contributed by atoms with Gasteiger partial charge in [0.25, 0.3) is 0 Å². The highest BCUT2D eigenvalue weighted by molar-refractivity contribution is 7.11. The van der Waals surface area contributed by atoms with Gasteiger partial charge in [-0.3, -0.25) is 0 Å². The molecule has 0 aliphatic carbocycles. The van der Waals surface area contributed by atoms with Crippen LogP contribution in [0, 0.1) is 6.92 Å². The standard InChI is InChI=1S/C6H6F3NS/c1-4-3-10-5(11-4)2-6(7,8)9/h3H,2H2,1H3. The Morgan fingerprint density at radius 2 is 2.18 bits per heavy atom. The predicted molar refractivity (Wildman–Crippen MR) is 36.6 cm³/mol. The Morgan fingerprint density at radius 3 is 2.55 bits per heavy atom. The molecule has 0 aliphatic heterocycles. The van der Waals surface area contributed by atoms with Gasteiger partial charge in [0.1, 0.15) is 5.01 Å². The molecule has 0 atom stereocenters. The first-order valence-corrected chi connectivity index (χ1v) is 3.77. The Hall–Kier alpha value is -0.580. The van der Waals surface area contributed by atoms with E-state index in [-0.39, 0.29) is 5.01 Å². The zero-order chi connectivity index (χ0) is 8.48. The predicted octanol–water partition coefficient (Wildman–Crippen LogP) is 2.56. The second-order valence-electron chi connectivity index (χ2n) is 2.16. The molecule has 0 saturated carbocycles. The van der Waals surface area contributed by atoms with E-state index in [4.69, 9.17) is 0 Å². The average Bonchev–Trinajstić information content (AvgIpc) is 2.10. The van der Waals surface area contributed by atoms with E-state index in [0.717, 1.165) is 16.2 Å². The summed E-state index contributed by atoms with van der Waals surface area (Å²) >= 11 is 1.08. The quantitative estimate of drug-likeness (QED) is 0.648. The minimum absolute atomic E-state index is 0.134. The van der Waals surface area contributed by atoms with Crippen LogP contribution in [0.15, 0.2) is 6.20 Å². The number of aryl methyl sites for hydroxylation is 1. The normalized spacial score (nSPS) is 12.0. The highest BCUT2D eigenvalue weighted by atomic mass is 32.1. The SMILES string of the molecule is Cc1cnc(CC(F)(F)F)s1. The van der Waals surface area contributed by atoms with Crippen LogP contribution in [0.1, 0.15) is 9.88 Å².